The summed E-state index contributed by atoms with van der Waals surface area (Å²) in [5.41, 5.74) is 2.05. The molecular formula is C20H26N2O3. The highest BCUT2D eigenvalue weighted by molar-refractivity contribution is 5.79. The zero-order valence-electron chi connectivity index (χ0n) is 14.8. The van der Waals surface area contributed by atoms with Crippen molar-refractivity contribution in [3.63, 3.8) is 0 Å². The molecule has 2 aromatic carbocycles. The van der Waals surface area contributed by atoms with E-state index >= 15 is 0 Å². The number of methoxy groups -OCH3 is 1. The third kappa shape index (κ3) is 6.21. The van der Waals surface area contributed by atoms with E-state index in [1.165, 1.54) is 0 Å². The maximum absolute atomic E-state index is 12.3. The summed E-state index contributed by atoms with van der Waals surface area (Å²) in [5.74, 6) is 0.768. The lowest BCUT2D eigenvalue weighted by atomic mass is 9.98. The standard InChI is InChI=1S/C20H26N2O3/c1-3-25-18-11-9-17(10-12-18)20(16-7-5-4-6-8-16)22-19(23)15-21-13-14-24-2/h4-12,20-21H,3,13-15H2,1-2H3,(H,22,23). The van der Waals surface area contributed by atoms with Crippen LogP contribution in [0.3, 0.4) is 0 Å². The van der Waals surface area contributed by atoms with Gasteiger partial charge in [-0.05, 0) is 30.2 Å². The molecule has 0 aromatic heterocycles. The van der Waals surface area contributed by atoms with Gasteiger partial charge in [0.15, 0.2) is 0 Å². The number of hydrogen-bond acceptors (Lipinski definition) is 4. The highest BCUT2D eigenvalue weighted by atomic mass is 16.5. The van der Waals surface area contributed by atoms with Gasteiger partial charge in [0.1, 0.15) is 5.75 Å². The summed E-state index contributed by atoms with van der Waals surface area (Å²) in [6.07, 6.45) is 0. The Bertz CT molecular complexity index is 629. The van der Waals surface area contributed by atoms with Crippen LogP contribution < -0.4 is 15.4 Å². The number of hydrogen-bond donors (Lipinski definition) is 2. The second kappa shape index (κ2) is 10.5. The van der Waals surface area contributed by atoms with Crippen LogP contribution >= 0.6 is 0 Å². The third-order valence-corrected chi connectivity index (χ3v) is 3.73. The molecule has 0 heterocycles. The van der Waals surface area contributed by atoms with Gasteiger partial charge in [-0.2, -0.15) is 0 Å². The molecule has 1 amide bonds. The molecule has 134 valence electrons. The Labute approximate surface area is 149 Å². The number of carbonyl (C=O) groups is 1. The monoisotopic (exact) mass is 342 g/mol. The van der Waals surface area contributed by atoms with Gasteiger partial charge in [-0.1, -0.05) is 42.5 Å². The minimum Gasteiger partial charge on any atom is -0.494 e. The van der Waals surface area contributed by atoms with Crippen LogP contribution in [0.1, 0.15) is 24.1 Å². The molecule has 0 aliphatic rings. The average Bonchev–Trinajstić information content (AvgIpc) is 2.65. The highest BCUT2D eigenvalue weighted by Gasteiger charge is 2.16. The molecule has 1 unspecified atom stereocenters. The second-order valence-corrected chi connectivity index (χ2v) is 5.58. The first-order chi connectivity index (χ1) is 12.2. The normalized spacial score (nSPS) is 11.8. The molecule has 0 spiro atoms. The Morgan fingerprint density at radius 3 is 2.36 bits per heavy atom. The lowest BCUT2D eigenvalue weighted by Gasteiger charge is -2.20. The molecule has 0 saturated carbocycles. The topological polar surface area (TPSA) is 59.6 Å². The quantitative estimate of drug-likeness (QED) is 0.652. The van der Waals surface area contributed by atoms with Crippen LogP contribution in [-0.2, 0) is 9.53 Å². The van der Waals surface area contributed by atoms with Gasteiger partial charge in [0.05, 0.1) is 25.8 Å². The fourth-order valence-electron chi connectivity index (χ4n) is 2.52. The molecule has 1 atom stereocenters. The first-order valence-corrected chi connectivity index (χ1v) is 8.51. The van der Waals surface area contributed by atoms with Crippen LogP contribution in [0, 0.1) is 0 Å². The molecule has 0 aliphatic heterocycles. The molecular weight excluding hydrogens is 316 g/mol. The van der Waals surface area contributed by atoms with E-state index in [2.05, 4.69) is 10.6 Å². The van der Waals surface area contributed by atoms with Crippen molar-refractivity contribution in [2.45, 2.75) is 13.0 Å². The minimum absolute atomic E-state index is 0.0566. The van der Waals surface area contributed by atoms with E-state index in [4.69, 9.17) is 9.47 Å². The van der Waals surface area contributed by atoms with E-state index in [-0.39, 0.29) is 18.5 Å². The van der Waals surface area contributed by atoms with Crippen molar-refractivity contribution in [2.75, 3.05) is 33.4 Å². The van der Waals surface area contributed by atoms with E-state index in [1.807, 2.05) is 61.5 Å². The fourth-order valence-corrected chi connectivity index (χ4v) is 2.52. The number of carbonyl (C=O) groups excluding carboxylic acids is 1. The number of nitrogens with one attached hydrogen (secondary N) is 2. The van der Waals surface area contributed by atoms with Gasteiger partial charge in [-0.3, -0.25) is 4.79 Å². The van der Waals surface area contributed by atoms with Crippen molar-refractivity contribution in [1.29, 1.82) is 0 Å². The van der Waals surface area contributed by atoms with E-state index in [1.54, 1.807) is 7.11 Å². The van der Waals surface area contributed by atoms with Gasteiger partial charge in [0.2, 0.25) is 5.91 Å². The maximum Gasteiger partial charge on any atom is 0.234 e. The number of amides is 1. The van der Waals surface area contributed by atoms with Crippen LogP contribution in [0.2, 0.25) is 0 Å². The summed E-state index contributed by atoms with van der Waals surface area (Å²) < 4.78 is 10.5. The van der Waals surface area contributed by atoms with Crippen LogP contribution in [0.4, 0.5) is 0 Å². The molecule has 25 heavy (non-hydrogen) atoms. The molecule has 0 bridgehead atoms. The average molecular weight is 342 g/mol. The van der Waals surface area contributed by atoms with Gasteiger partial charge in [0.25, 0.3) is 0 Å². The van der Waals surface area contributed by atoms with Crippen molar-refractivity contribution >= 4 is 5.91 Å². The molecule has 0 saturated heterocycles. The number of benzene rings is 2. The van der Waals surface area contributed by atoms with Crippen LogP contribution in [-0.4, -0.2) is 39.3 Å². The zero-order chi connectivity index (χ0) is 17.9. The smallest absolute Gasteiger partial charge is 0.234 e. The Morgan fingerprint density at radius 2 is 1.72 bits per heavy atom. The van der Waals surface area contributed by atoms with Gasteiger partial charge < -0.3 is 20.1 Å². The summed E-state index contributed by atoms with van der Waals surface area (Å²) in [4.78, 5) is 12.3. The fraction of sp³-hybridized carbons (Fsp3) is 0.350. The lowest BCUT2D eigenvalue weighted by molar-refractivity contribution is -0.120. The molecule has 2 rings (SSSR count). The van der Waals surface area contributed by atoms with Crippen molar-refractivity contribution in [3.05, 3.63) is 65.7 Å². The molecule has 5 nitrogen and oxygen atoms in total. The predicted octanol–water partition coefficient (Wildman–Crippen LogP) is 2.53. The Morgan fingerprint density at radius 1 is 1.04 bits per heavy atom. The summed E-state index contributed by atoms with van der Waals surface area (Å²) >= 11 is 0. The summed E-state index contributed by atoms with van der Waals surface area (Å²) in [5, 5.41) is 6.16. The van der Waals surface area contributed by atoms with Crippen LogP contribution in [0.5, 0.6) is 5.75 Å². The summed E-state index contributed by atoms with van der Waals surface area (Å²) in [6.45, 7) is 4.06. The van der Waals surface area contributed by atoms with Crippen molar-refractivity contribution < 1.29 is 14.3 Å². The molecule has 0 radical (unpaired) electrons. The van der Waals surface area contributed by atoms with Gasteiger partial charge in [-0.25, -0.2) is 0 Å². The maximum atomic E-state index is 12.3. The Hall–Kier alpha value is -2.37. The number of ether oxygens (including phenoxy) is 2. The van der Waals surface area contributed by atoms with E-state index in [0.717, 1.165) is 16.9 Å². The molecule has 0 fully saturated rings. The van der Waals surface area contributed by atoms with Crippen molar-refractivity contribution in [2.24, 2.45) is 0 Å². The number of rotatable bonds is 10. The van der Waals surface area contributed by atoms with Gasteiger partial charge >= 0.3 is 0 Å². The second-order valence-electron chi connectivity index (χ2n) is 5.58. The summed E-state index contributed by atoms with van der Waals surface area (Å²) in [7, 11) is 1.64. The van der Waals surface area contributed by atoms with E-state index < -0.39 is 0 Å². The zero-order valence-corrected chi connectivity index (χ0v) is 14.8. The SMILES string of the molecule is CCOc1ccc(C(NC(=O)CNCCOC)c2ccccc2)cc1. The molecule has 2 aromatic rings. The van der Waals surface area contributed by atoms with E-state index in [9.17, 15) is 4.79 Å². The lowest BCUT2D eigenvalue weighted by Crippen LogP contribution is -2.37. The first kappa shape index (κ1) is 19.0. The Balaban J connectivity index is 2.09. The van der Waals surface area contributed by atoms with Crippen LogP contribution in [0.15, 0.2) is 54.6 Å². The molecule has 2 N–H and O–H groups in total. The van der Waals surface area contributed by atoms with Crippen molar-refractivity contribution in [3.8, 4) is 5.75 Å². The first-order valence-electron chi connectivity index (χ1n) is 8.51. The molecule has 0 aliphatic carbocycles. The largest absolute Gasteiger partial charge is 0.494 e. The third-order valence-electron chi connectivity index (χ3n) is 3.73. The van der Waals surface area contributed by atoms with Gasteiger partial charge in [0, 0.05) is 13.7 Å². The van der Waals surface area contributed by atoms with Gasteiger partial charge in [-0.15, -0.1) is 0 Å². The van der Waals surface area contributed by atoms with Crippen molar-refractivity contribution in [1.82, 2.24) is 10.6 Å². The predicted molar refractivity (Wildman–Crippen MR) is 98.8 cm³/mol. The van der Waals surface area contributed by atoms with E-state index in [0.29, 0.717) is 19.8 Å². The Kier molecular flexibility index (Phi) is 7.95. The summed E-state index contributed by atoms with van der Waals surface area (Å²) in [6, 6.07) is 17.6. The van der Waals surface area contributed by atoms with Crippen LogP contribution in [0.25, 0.3) is 0 Å². The minimum atomic E-state index is -0.200. The molecule has 5 heteroatoms. The highest BCUT2D eigenvalue weighted by Crippen LogP contribution is 2.24.